The van der Waals surface area contributed by atoms with Crippen molar-refractivity contribution in [2.45, 2.75) is 78.2 Å². The Morgan fingerprint density at radius 3 is 1.33 bits per heavy atom. The van der Waals surface area contributed by atoms with Gasteiger partial charge in [0.2, 0.25) is 0 Å². The normalized spacial score (nSPS) is 30.2. The van der Waals surface area contributed by atoms with E-state index in [0.29, 0.717) is 12.2 Å². The first kappa shape index (κ1) is 16.4. The van der Waals surface area contributed by atoms with Crippen molar-refractivity contribution in [2.75, 3.05) is 0 Å². The van der Waals surface area contributed by atoms with E-state index in [0.717, 1.165) is 11.8 Å². The van der Waals surface area contributed by atoms with Crippen molar-refractivity contribution in [1.29, 1.82) is 0 Å². The van der Waals surface area contributed by atoms with Crippen molar-refractivity contribution < 1.29 is 8.85 Å². The molecule has 1 rings (SSSR count). The zero-order chi connectivity index (χ0) is 14.1. The number of hydrogen-bond donors (Lipinski definition) is 0. The Balaban J connectivity index is 2.71. The van der Waals surface area contributed by atoms with Crippen LogP contribution in [-0.4, -0.2) is 28.8 Å². The fourth-order valence-electron chi connectivity index (χ4n) is 2.70. The highest BCUT2D eigenvalue weighted by Gasteiger charge is 2.40. The van der Waals surface area contributed by atoms with Crippen LogP contribution in [0.2, 0.25) is 39.3 Å². The van der Waals surface area contributed by atoms with Crippen LogP contribution < -0.4 is 0 Å². The highest BCUT2D eigenvalue weighted by molar-refractivity contribution is 6.70. The molecule has 2 nitrogen and oxygen atoms in total. The summed E-state index contributed by atoms with van der Waals surface area (Å²) in [6.07, 6.45) is 3.07. The monoisotopic (exact) mass is 288 g/mol. The average Bonchev–Trinajstić information content (AvgIpc) is 2.42. The molecular weight excluding hydrogens is 256 g/mol. The van der Waals surface area contributed by atoms with Crippen molar-refractivity contribution >= 4 is 16.6 Å². The summed E-state index contributed by atoms with van der Waals surface area (Å²) in [7, 11) is -2.94. The highest BCUT2D eigenvalue weighted by Crippen LogP contribution is 2.37. The SMILES string of the molecule is CC(C)C1CC(O[Si](C)(C)C)C(O[Si](C)(C)C)C1. The molecule has 0 N–H and O–H groups in total. The highest BCUT2D eigenvalue weighted by atomic mass is 28.4. The molecule has 18 heavy (non-hydrogen) atoms. The topological polar surface area (TPSA) is 18.5 Å². The van der Waals surface area contributed by atoms with Gasteiger partial charge in [-0.2, -0.15) is 0 Å². The molecular formula is C14H32O2Si2. The first-order valence-electron chi connectivity index (χ1n) is 7.33. The Labute approximate surface area is 116 Å². The standard InChI is InChI=1S/C14H32O2Si2/c1-11(2)12-9-13(15-17(3,4)5)14(10-12)16-18(6,7)8/h11-14H,9-10H2,1-8H3. The summed E-state index contributed by atoms with van der Waals surface area (Å²) >= 11 is 0. The smallest absolute Gasteiger partial charge is 0.184 e. The van der Waals surface area contributed by atoms with Crippen LogP contribution in [0.15, 0.2) is 0 Å². The van der Waals surface area contributed by atoms with Gasteiger partial charge in [0.05, 0.1) is 12.2 Å². The van der Waals surface area contributed by atoms with Crippen molar-refractivity contribution in [3.8, 4) is 0 Å². The Bertz CT molecular complexity index is 242. The van der Waals surface area contributed by atoms with Gasteiger partial charge in [-0.15, -0.1) is 0 Å². The van der Waals surface area contributed by atoms with Gasteiger partial charge in [-0.05, 0) is 64.0 Å². The number of hydrogen-bond acceptors (Lipinski definition) is 2. The van der Waals surface area contributed by atoms with E-state index in [2.05, 4.69) is 53.1 Å². The summed E-state index contributed by atoms with van der Waals surface area (Å²) in [5.41, 5.74) is 0. The van der Waals surface area contributed by atoms with Gasteiger partial charge in [0.25, 0.3) is 0 Å². The van der Waals surface area contributed by atoms with Crippen LogP contribution in [0.4, 0.5) is 0 Å². The molecule has 1 saturated carbocycles. The van der Waals surface area contributed by atoms with Gasteiger partial charge in [0.15, 0.2) is 16.6 Å². The van der Waals surface area contributed by atoms with Crippen LogP contribution in [-0.2, 0) is 8.85 Å². The summed E-state index contributed by atoms with van der Waals surface area (Å²) < 4.78 is 12.7. The van der Waals surface area contributed by atoms with Gasteiger partial charge in [-0.25, -0.2) is 0 Å². The largest absolute Gasteiger partial charge is 0.412 e. The summed E-state index contributed by atoms with van der Waals surface area (Å²) in [5.74, 6) is 1.51. The van der Waals surface area contributed by atoms with Gasteiger partial charge in [0, 0.05) is 0 Å². The summed E-state index contributed by atoms with van der Waals surface area (Å²) in [4.78, 5) is 0. The third-order valence-electron chi connectivity index (χ3n) is 3.44. The lowest BCUT2D eigenvalue weighted by molar-refractivity contribution is 0.0679. The lowest BCUT2D eigenvalue weighted by atomic mass is 9.94. The Morgan fingerprint density at radius 2 is 1.11 bits per heavy atom. The minimum Gasteiger partial charge on any atom is -0.412 e. The summed E-state index contributed by atoms with van der Waals surface area (Å²) in [6, 6.07) is 0. The quantitative estimate of drug-likeness (QED) is 0.694. The van der Waals surface area contributed by atoms with Crippen molar-refractivity contribution in [1.82, 2.24) is 0 Å². The maximum Gasteiger partial charge on any atom is 0.184 e. The molecule has 2 atom stereocenters. The molecule has 1 aliphatic carbocycles. The van der Waals surface area contributed by atoms with E-state index in [1.807, 2.05) is 0 Å². The fraction of sp³-hybridized carbons (Fsp3) is 1.00. The van der Waals surface area contributed by atoms with E-state index in [1.165, 1.54) is 12.8 Å². The van der Waals surface area contributed by atoms with E-state index in [-0.39, 0.29) is 0 Å². The second kappa shape index (κ2) is 5.77. The molecule has 1 aliphatic rings. The fourth-order valence-corrected chi connectivity index (χ4v) is 5.01. The van der Waals surface area contributed by atoms with Gasteiger partial charge >= 0.3 is 0 Å². The average molecular weight is 289 g/mol. The van der Waals surface area contributed by atoms with Crippen molar-refractivity contribution in [3.05, 3.63) is 0 Å². The Morgan fingerprint density at radius 1 is 0.778 bits per heavy atom. The molecule has 0 radical (unpaired) electrons. The van der Waals surface area contributed by atoms with Crippen molar-refractivity contribution in [3.63, 3.8) is 0 Å². The van der Waals surface area contributed by atoms with Gasteiger partial charge in [-0.3, -0.25) is 0 Å². The molecule has 0 aromatic rings. The van der Waals surface area contributed by atoms with E-state index >= 15 is 0 Å². The van der Waals surface area contributed by atoms with E-state index in [9.17, 15) is 0 Å². The van der Waals surface area contributed by atoms with E-state index in [1.54, 1.807) is 0 Å². The molecule has 0 saturated heterocycles. The van der Waals surface area contributed by atoms with Crippen LogP contribution in [0, 0.1) is 11.8 Å². The lowest BCUT2D eigenvalue weighted by Gasteiger charge is -2.31. The molecule has 0 aliphatic heterocycles. The third kappa shape index (κ3) is 5.55. The molecule has 1 fully saturated rings. The maximum atomic E-state index is 6.37. The predicted molar refractivity (Wildman–Crippen MR) is 84.0 cm³/mol. The van der Waals surface area contributed by atoms with Crippen LogP contribution in [0.5, 0.6) is 0 Å². The van der Waals surface area contributed by atoms with Crippen LogP contribution in [0.3, 0.4) is 0 Å². The van der Waals surface area contributed by atoms with E-state index in [4.69, 9.17) is 8.85 Å². The van der Waals surface area contributed by atoms with E-state index < -0.39 is 16.6 Å². The minimum atomic E-state index is -1.47. The van der Waals surface area contributed by atoms with Gasteiger partial charge in [-0.1, -0.05) is 13.8 Å². The second-order valence-corrected chi connectivity index (χ2v) is 16.9. The van der Waals surface area contributed by atoms with Gasteiger partial charge in [0.1, 0.15) is 0 Å². The third-order valence-corrected chi connectivity index (χ3v) is 5.46. The zero-order valence-corrected chi connectivity index (χ0v) is 15.5. The maximum absolute atomic E-state index is 6.37. The summed E-state index contributed by atoms with van der Waals surface area (Å²) in [6.45, 7) is 18.3. The lowest BCUT2D eigenvalue weighted by Crippen LogP contribution is -2.41. The molecule has 0 bridgehead atoms. The molecule has 2 unspecified atom stereocenters. The minimum absolute atomic E-state index is 0.343. The molecule has 0 heterocycles. The zero-order valence-electron chi connectivity index (χ0n) is 13.5. The molecule has 0 spiro atoms. The number of rotatable bonds is 5. The molecule has 0 aromatic heterocycles. The van der Waals surface area contributed by atoms with Crippen LogP contribution >= 0.6 is 0 Å². The summed E-state index contributed by atoms with van der Waals surface area (Å²) in [5, 5.41) is 0. The second-order valence-electron chi connectivity index (χ2n) is 8.01. The first-order chi connectivity index (χ1) is 7.98. The van der Waals surface area contributed by atoms with Crippen LogP contribution in [0.1, 0.15) is 26.7 Å². The molecule has 4 heteroatoms. The first-order valence-corrected chi connectivity index (χ1v) is 14.2. The Kier molecular flexibility index (Phi) is 5.26. The molecule has 108 valence electrons. The van der Waals surface area contributed by atoms with Crippen molar-refractivity contribution in [2.24, 2.45) is 11.8 Å². The van der Waals surface area contributed by atoms with Gasteiger partial charge < -0.3 is 8.85 Å². The Hall–Kier alpha value is 0.354. The molecule has 0 aromatic carbocycles. The predicted octanol–water partition coefficient (Wildman–Crippen LogP) is 4.49. The van der Waals surface area contributed by atoms with Crippen LogP contribution in [0.25, 0.3) is 0 Å². The molecule has 0 amide bonds.